The molecule has 2 heteroatoms. The van der Waals surface area contributed by atoms with Crippen molar-refractivity contribution in [2.75, 3.05) is 0 Å². The molecule has 0 aliphatic rings. The molecule has 0 aliphatic carbocycles. The van der Waals surface area contributed by atoms with E-state index in [0.29, 0.717) is 0 Å². The molecule has 0 radical (unpaired) electrons. The second-order valence-electron chi connectivity index (χ2n) is 6.45. The fraction of sp³-hybridized carbons (Fsp3) is 0.895. The number of carbonyl (C=O) groups is 2. The zero-order valence-corrected chi connectivity index (χ0v) is 14.6. The van der Waals surface area contributed by atoms with Crippen LogP contribution in [-0.4, -0.2) is 11.6 Å². The zero-order chi connectivity index (χ0) is 15.9. The Morgan fingerprint density at radius 1 is 0.619 bits per heavy atom. The van der Waals surface area contributed by atoms with Gasteiger partial charge in [0.05, 0.1) is 5.92 Å². The lowest BCUT2D eigenvalue weighted by Crippen LogP contribution is -2.19. The normalized spacial score (nSPS) is 11.0. The first-order valence-corrected chi connectivity index (χ1v) is 9.10. The van der Waals surface area contributed by atoms with Gasteiger partial charge in [0.2, 0.25) is 0 Å². The standard InChI is InChI=1S/C19H36O2/c1-4-5-6-7-8-9-10-11-12-13-14-15-16-19(17(2)20)18(3)21/h19H,4-16H2,1-3H3. The topological polar surface area (TPSA) is 34.1 Å². The average Bonchev–Trinajstić information content (AvgIpc) is 2.43. The van der Waals surface area contributed by atoms with Crippen molar-refractivity contribution < 1.29 is 9.59 Å². The first kappa shape index (κ1) is 20.3. The summed E-state index contributed by atoms with van der Waals surface area (Å²) in [6.07, 6.45) is 16.5. The van der Waals surface area contributed by atoms with Gasteiger partial charge in [-0.15, -0.1) is 0 Å². The van der Waals surface area contributed by atoms with Crippen molar-refractivity contribution in [3.63, 3.8) is 0 Å². The Morgan fingerprint density at radius 2 is 0.952 bits per heavy atom. The molecular weight excluding hydrogens is 260 g/mol. The van der Waals surface area contributed by atoms with Crippen LogP contribution in [-0.2, 0) is 9.59 Å². The molecule has 0 rings (SSSR count). The van der Waals surface area contributed by atoms with Gasteiger partial charge in [-0.05, 0) is 20.3 Å². The molecule has 0 N–H and O–H groups in total. The predicted octanol–water partition coefficient (Wildman–Crippen LogP) is 5.87. The van der Waals surface area contributed by atoms with Gasteiger partial charge in [-0.1, -0.05) is 84.0 Å². The van der Waals surface area contributed by atoms with Gasteiger partial charge in [-0.2, -0.15) is 0 Å². The van der Waals surface area contributed by atoms with E-state index in [4.69, 9.17) is 0 Å². The Morgan fingerprint density at radius 3 is 1.29 bits per heavy atom. The molecule has 124 valence electrons. The summed E-state index contributed by atoms with van der Waals surface area (Å²) in [5.74, 6) is -0.274. The number of carbonyl (C=O) groups excluding carboxylic acids is 2. The number of unbranched alkanes of at least 4 members (excludes halogenated alkanes) is 11. The molecule has 0 aromatic rings. The summed E-state index contributed by atoms with van der Waals surface area (Å²) in [4.78, 5) is 22.6. The largest absolute Gasteiger partial charge is 0.299 e. The monoisotopic (exact) mass is 296 g/mol. The van der Waals surface area contributed by atoms with Gasteiger partial charge in [0, 0.05) is 0 Å². The highest BCUT2D eigenvalue weighted by atomic mass is 16.1. The van der Waals surface area contributed by atoms with Gasteiger partial charge in [0.25, 0.3) is 0 Å². The van der Waals surface area contributed by atoms with Crippen molar-refractivity contribution >= 4 is 11.6 Å². The predicted molar refractivity (Wildman–Crippen MR) is 90.5 cm³/mol. The summed E-state index contributed by atoms with van der Waals surface area (Å²) in [5, 5.41) is 0. The van der Waals surface area contributed by atoms with Gasteiger partial charge < -0.3 is 0 Å². The van der Waals surface area contributed by atoms with E-state index in [-0.39, 0.29) is 17.5 Å². The van der Waals surface area contributed by atoms with Crippen LogP contribution < -0.4 is 0 Å². The summed E-state index contributed by atoms with van der Waals surface area (Å²) in [6, 6.07) is 0. The van der Waals surface area contributed by atoms with Crippen molar-refractivity contribution in [1.82, 2.24) is 0 Å². The van der Waals surface area contributed by atoms with Gasteiger partial charge >= 0.3 is 0 Å². The van der Waals surface area contributed by atoms with Crippen molar-refractivity contribution in [2.45, 2.75) is 104 Å². The van der Waals surface area contributed by atoms with Gasteiger partial charge in [0.15, 0.2) is 0 Å². The molecule has 0 aromatic heterocycles. The molecule has 0 bridgehead atoms. The van der Waals surface area contributed by atoms with E-state index in [1.807, 2.05) is 0 Å². The van der Waals surface area contributed by atoms with Crippen LogP contribution in [0.4, 0.5) is 0 Å². The van der Waals surface area contributed by atoms with Crippen LogP contribution in [0.25, 0.3) is 0 Å². The lowest BCUT2D eigenvalue weighted by atomic mass is 9.93. The number of rotatable bonds is 15. The maximum absolute atomic E-state index is 11.3. The fourth-order valence-electron chi connectivity index (χ4n) is 2.88. The number of hydrogen-bond donors (Lipinski definition) is 0. The van der Waals surface area contributed by atoms with Crippen LogP contribution in [0.5, 0.6) is 0 Å². The molecular formula is C19H36O2. The molecule has 2 nitrogen and oxygen atoms in total. The smallest absolute Gasteiger partial charge is 0.140 e. The molecule has 0 spiro atoms. The molecule has 0 heterocycles. The van der Waals surface area contributed by atoms with Crippen LogP contribution in [0.1, 0.15) is 104 Å². The van der Waals surface area contributed by atoms with Crippen LogP contribution in [0.15, 0.2) is 0 Å². The van der Waals surface area contributed by atoms with Crippen LogP contribution in [0.3, 0.4) is 0 Å². The average molecular weight is 296 g/mol. The van der Waals surface area contributed by atoms with E-state index in [0.717, 1.165) is 19.3 Å². The Bertz CT molecular complexity index is 257. The quantitative estimate of drug-likeness (QED) is 0.280. The van der Waals surface area contributed by atoms with Crippen LogP contribution >= 0.6 is 0 Å². The second-order valence-corrected chi connectivity index (χ2v) is 6.45. The molecule has 0 saturated carbocycles. The Balaban J connectivity index is 3.29. The first-order valence-electron chi connectivity index (χ1n) is 9.10. The number of Topliss-reactive ketones (excluding diaryl/α,β-unsaturated/α-hetero) is 2. The summed E-state index contributed by atoms with van der Waals surface area (Å²) >= 11 is 0. The van der Waals surface area contributed by atoms with E-state index >= 15 is 0 Å². The second kappa shape index (κ2) is 14.3. The maximum atomic E-state index is 11.3. The summed E-state index contributed by atoms with van der Waals surface area (Å²) in [5.41, 5.74) is 0. The maximum Gasteiger partial charge on any atom is 0.140 e. The zero-order valence-electron chi connectivity index (χ0n) is 14.6. The lowest BCUT2D eigenvalue weighted by Gasteiger charge is -2.09. The Hall–Kier alpha value is -0.660. The van der Waals surface area contributed by atoms with E-state index in [9.17, 15) is 9.59 Å². The molecule has 0 aromatic carbocycles. The van der Waals surface area contributed by atoms with Crippen molar-refractivity contribution in [2.24, 2.45) is 5.92 Å². The minimum absolute atomic E-state index is 0.0329. The summed E-state index contributed by atoms with van der Waals surface area (Å²) in [7, 11) is 0. The molecule has 21 heavy (non-hydrogen) atoms. The lowest BCUT2D eigenvalue weighted by molar-refractivity contribution is -0.130. The fourth-order valence-corrected chi connectivity index (χ4v) is 2.88. The summed E-state index contributed by atoms with van der Waals surface area (Å²) in [6.45, 7) is 5.33. The highest BCUT2D eigenvalue weighted by Gasteiger charge is 2.18. The van der Waals surface area contributed by atoms with Crippen molar-refractivity contribution in [3.05, 3.63) is 0 Å². The van der Waals surface area contributed by atoms with E-state index in [1.165, 1.54) is 78.1 Å². The molecule has 0 amide bonds. The van der Waals surface area contributed by atoms with Gasteiger partial charge in [0.1, 0.15) is 11.6 Å². The van der Waals surface area contributed by atoms with E-state index in [1.54, 1.807) is 0 Å². The molecule has 0 aliphatic heterocycles. The molecule has 0 fully saturated rings. The van der Waals surface area contributed by atoms with Gasteiger partial charge in [-0.3, -0.25) is 9.59 Å². The molecule has 0 saturated heterocycles. The number of hydrogen-bond acceptors (Lipinski definition) is 2. The third-order valence-electron chi connectivity index (χ3n) is 4.33. The van der Waals surface area contributed by atoms with Crippen molar-refractivity contribution in [1.29, 1.82) is 0 Å². The molecule has 0 unspecified atom stereocenters. The van der Waals surface area contributed by atoms with Crippen LogP contribution in [0.2, 0.25) is 0 Å². The minimum Gasteiger partial charge on any atom is -0.299 e. The minimum atomic E-state index is -0.340. The van der Waals surface area contributed by atoms with E-state index in [2.05, 4.69) is 6.92 Å². The SMILES string of the molecule is CCCCCCCCCCCCCCC(C(C)=O)C(C)=O. The highest BCUT2D eigenvalue weighted by Crippen LogP contribution is 2.15. The molecule has 0 atom stereocenters. The van der Waals surface area contributed by atoms with Crippen molar-refractivity contribution in [3.8, 4) is 0 Å². The summed E-state index contributed by atoms with van der Waals surface area (Å²) < 4.78 is 0. The Labute approximate surface area is 132 Å². The van der Waals surface area contributed by atoms with Crippen LogP contribution in [0, 0.1) is 5.92 Å². The Kier molecular flexibility index (Phi) is 13.8. The van der Waals surface area contributed by atoms with E-state index < -0.39 is 0 Å². The third kappa shape index (κ3) is 12.8. The number of ketones is 2. The van der Waals surface area contributed by atoms with Gasteiger partial charge in [-0.25, -0.2) is 0 Å². The highest BCUT2D eigenvalue weighted by molar-refractivity contribution is 6.00. The third-order valence-corrected chi connectivity index (χ3v) is 4.33. The first-order chi connectivity index (χ1) is 10.1.